The van der Waals surface area contributed by atoms with Crippen LogP contribution in [-0.4, -0.2) is 39.4 Å². The van der Waals surface area contributed by atoms with Gasteiger partial charge in [0.25, 0.3) is 0 Å². The van der Waals surface area contributed by atoms with Gasteiger partial charge < -0.3 is 15.3 Å². The van der Waals surface area contributed by atoms with E-state index in [0.717, 1.165) is 44.1 Å². The normalized spacial score (nSPS) is 47.2. The highest BCUT2D eigenvalue weighted by atomic mass is 16.3. The molecule has 0 aromatic carbocycles. The van der Waals surface area contributed by atoms with E-state index in [9.17, 15) is 20.1 Å². The number of fused-ring (bicyclic) bond motifs is 1. The fourth-order valence-electron chi connectivity index (χ4n) is 9.03. The molecule has 4 nitrogen and oxygen atoms in total. The van der Waals surface area contributed by atoms with Crippen molar-refractivity contribution in [3.63, 3.8) is 0 Å². The van der Waals surface area contributed by atoms with Crippen LogP contribution in [0, 0.1) is 51.8 Å². The first-order valence-electron chi connectivity index (χ1n) is 14.0. The summed E-state index contributed by atoms with van der Waals surface area (Å²) >= 11 is 0. The molecule has 0 aliphatic heterocycles. The Morgan fingerprint density at radius 1 is 1.12 bits per heavy atom. The number of rotatable bonds is 7. The molecule has 4 heteroatoms. The van der Waals surface area contributed by atoms with Crippen LogP contribution in [0.5, 0.6) is 0 Å². The van der Waals surface area contributed by atoms with Crippen molar-refractivity contribution < 1.29 is 20.1 Å². The van der Waals surface area contributed by atoms with Crippen LogP contribution in [0.4, 0.5) is 0 Å². The lowest BCUT2D eigenvalue weighted by atomic mass is 9.55. The molecule has 3 saturated carbocycles. The molecule has 4 aliphatic rings. The molecule has 0 aromatic heterocycles. The van der Waals surface area contributed by atoms with Gasteiger partial charge in [0.05, 0.1) is 11.7 Å². The third-order valence-electron chi connectivity index (χ3n) is 12.1. The van der Waals surface area contributed by atoms with Gasteiger partial charge in [0.1, 0.15) is 5.78 Å². The van der Waals surface area contributed by atoms with Crippen molar-refractivity contribution in [2.75, 3.05) is 6.61 Å². The summed E-state index contributed by atoms with van der Waals surface area (Å²) in [6.45, 7) is 15.5. The van der Waals surface area contributed by atoms with Gasteiger partial charge in [-0.25, -0.2) is 0 Å². The maximum absolute atomic E-state index is 14.0. The highest BCUT2D eigenvalue weighted by Gasteiger charge is 2.66. The van der Waals surface area contributed by atoms with Gasteiger partial charge in [0.2, 0.25) is 0 Å². The predicted molar refractivity (Wildman–Crippen MR) is 136 cm³/mol. The number of hydrogen-bond donors (Lipinski definition) is 3. The summed E-state index contributed by atoms with van der Waals surface area (Å²) in [6, 6.07) is 0. The van der Waals surface area contributed by atoms with Crippen molar-refractivity contribution in [3.8, 4) is 0 Å². The summed E-state index contributed by atoms with van der Waals surface area (Å²) in [6.07, 6.45) is 8.82. The molecular formula is C30H50O4. The molecule has 34 heavy (non-hydrogen) atoms. The van der Waals surface area contributed by atoms with E-state index in [1.165, 1.54) is 0 Å². The van der Waals surface area contributed by atoms with E-state index in [2.05, 4.69) is 47.6 Å². The van der Waals surface area contributed by atoms with Crippen LogP contribution < -0.4 is 0 Å². The lowest BCUT2D eigenvalue weighted by Gasteiger charge is -2.48. The third kappa shape index (κ3) is 3.77. The summed E-state index contributed by atoms with van der Waals surface area (Å²) in [5.41, 5.74) is -0.0796. The molecule has 4 rings (SSSR count). The minimum Gasteiger partial charge on any atom is -0.396 e. The lowest BCUT2D eigenvalue weighted by Crippen LogP contribution is -2.48. The van der Waals surface area contributed by atoms with E-state index in [1.54, 1.807) is 0 Å². The van der Waals surface area contributed by atoms with Gasteiger partial charge in [-0.15, -0.1) is 0 Å². The minimum atomic E-state index is -0.683. The van der Waals surface area contributed by atoms with Crippen molar-refractivity contribution in [3.05, 3.63) is 11.6 Å². The van der Waals surface area contributed by atoms with Crippen LogP contribution in [0.2, 0.25) is 0 Å². The first-order chi connectivity index (χ1) is 15.7. The minimum absolute atomic E-state index is 0.0158. The van der Waals surface area contributed by atoms with Gasteiger partial charge in [-0.3, -0.25) is 4.79 Å². The van der Waals surface area contributed by atoms with E-state index in [4.69, 9.17) is 0 Å². The van der Waals surface area contributed by atoms with Crippen LogP contribution in [0.15, 0.2) is 11.6 Å². The fourth-order valence-corrected chi connectivity index (χ4v) is 9.03. The molecule has 3 fully saturated rings. The molecule has 3 N–H and O–H groups in total. The van der Waals surface area contributed by atoms with Gasteiger partial charge in [-0.1, -0.05) is 46.3 Å². The average molecular weight is 475 g/mol. The molecule has 10 atom stereocenters. The number of carbonyl (C=O) groups excluding carboxylic acids is 1. The standard InChI is InChI=1S/C30H50O4/c1-18(2)30(7,34)29(6)17-25(29)19(3)23-10-11-24(28(23,5)14-15-31)22-9-8-20-16-21(32)12-13-27(20,4)26(22)33/h8,18-19,21-25,31-32,34H,9-17H2,1-7H3/t19-,21-,22-,23+,24-,25+,27-,28+,29-,30+/m0/s1. The summed E-state index contributed by atoms with van der Waals surface area (Å²) in [7, 11) is 0. The zero-order valence-electron chi connectivity index (χ0n) is 22.7. The topological polar surface area (TPSA) is 77.8 Å². The van der Waals surface area contributed by atoms with Crippen molar-refractivity contribution >= 4 is 5.78 Å². The first kappa shape index (κ1) is 26.4. The lowest BCUT2D eigenvalue weighted by molar-refractivity contribution is -0.136. The molecule has 0 spiro atoms. The Hall–Kier alpha value is -0.710. The average Bonchev–Trinajstić information content (AvgIpc) is 3.36. The molecule has 194 valence electrons. The van der Waals surface area contributed by atoms with Crippen molar-refractivity contribution in [2.45, 2.75) is 112 Å². The number of aliphatic hydroxyl groups excluding tert-OH is 2. The summed E-state index contributed by atoms with van der Waals surface area (Å²) in [5.74, 6) is 2.31. The SMILES string of the molecule is CC(C)[C@@](C)(O)[C@@]1(C)C[C@@H]1[C@@H](C)[C@H]1CC[C@@H]([C@@H]2CC=C3C[C@@H](O)CC[C@]3(C)C2=O)[C@]1(C)CCO. The van der Waals surface area contributed by atoms with E-state index in [1.807, 2.05) is 6.92 Å². The first-order valence-corrected chi connectivity index (χ1v) is 14.0. The summed E-state index contributed by atoms with van der Waals surface area (Å²) in [5, 5.41) is 31.6. The number of carbonyl (C=O) groups is 1. The van der Waals surface area contributed by atoms with E-state index < -0.39 is 11.0 Å². The fraction of sp³-hybridized carbons (Fsp3) is 0.900. The maximum Gasteiger partial charge on any atom is 0.146 e. The molecule has 0 aromatic rings. The zero-order valence-corrected chi connectivity index (χ0v) is 22.7. The zero-order chi connectivity index (χ0) is 25.3. The van der Waals surface area contributed by atoms with Gasteiger partial charge in [0, 0.05) is 17.9 Å². The Labute approximate surface area is 207 Å². The van der Waals surface area contributed by atoms with Crippen molar-refractivity contribution in [2.24, 2.45) is 51.8 Å². The summed E-state index contributed by atoms with van der Waals surface area (Å²) in [4.78, 5) is 14.0. The van der Waals surface area contributed by atoms with Gasteiger partial charge in [-0.2, -0.15) is 0 Å². The second kappa shape index (κ2) is 8.70. The summed E-state index contributed by atoms with van der Waals surface area (Å²) < 4.78 is 0. The molecule has 0 radical (unpaired) electrons. The highest BCUT2D eigenvalue weighted by molar-refractivity contribution is 5.91. The third-order valence-corrected chi connectivity index (χ3v) is 12.1. The largest absolute Gasteiger partial charge is 0.396 e. The van der Waals surface area contributed by atoms with E-state index in [-0.39, 0.29) is 41.3 Å². The molecule has 0 amide bonds. The van der Waals surface area contributed by atoms with Crippen molar-refractivity contribution in [1.29, 1.82) is 0 Å². The van der Waals surface area contributed by atoms with Crippen LogP contribution in [0.3, 0.4) is 0 Å². The second-order valence-electron chi connectivity index (χ2n) is 13.8. The predicted octanol–water partition coefficient (Wildman–Crippen LogP) is 5.54. The van der Waals surface area contributed by atoms with Gasteiger partial charge >= 0.3 is 0 Å². The monoisotopic (exact) mass is 474 g/mol. The van der Waals surface area contributed by atoms with Crippen LogP contribution in [0.1, 0.15) is 99.8 Å². The van der Waals surface area contributed by atoms with Gasteiger partial charge in [-0.05, 0) is 106 Å². The van der Waals surface area contributed by atoms with E-state index >= 15 is 0 Å². The number of Topliss-reactive ketones (excluding diaryl/α,β-unsaturated/α-hetero) is 1. The molecular weight excluding hydrogens is 424 g/mol. The maximum atomic E-state index is 14.0. The Kier molecular flexibility index (Phi) is 6.74. The number of hydrogen-bond acceptors (Lipinski definition) is 4. The molecule has 0 saturated heterocycles. The van der Waals surface area contributed by atoms with E-state index in [0.29, 0.717) is 36.4 Å². The number of allylic oxidation sites excluding steroid dienone is 1. The molecule has 0 unspecified atom stereocenters. The Morgan fingerprint density at radius 2 is 1.79 bits per heavy atom. The van der Waals surface area contributed by atoms with Crippen molar-refractivity contribution in [1.82, 2.24) is 0 Å². The number of aliphatic hydroxyl groups is 3. The molecule has 0 bridgehead atoms. The Bertz CT molecular complexity index is 830. The second-order valence-corrected chi connectivity index (χ2v) is 13.8. The van der Waals surface area contributed by atoms with Gasteiger partial charge in [0.15, 0.2) is 0 Å². The van der Waals surface area contributed by atoms with Crippen LogP contribution in [-0.2, 0) is 4.79 Å². The quantitative estimate of drug-likeness (QED) is 0.424. The van der Waals surface area contributed by atoms with Crippen LogP contribution >= 0.6 is 0 Å². The Balaban J connectivity index is 1.58. The Morgan fingerprint density at radius 3 is 2.41 bits per heavy atom. The highest BCUT2D eigenvalue weighted by Crippen LogP contribution is 2.69. The molecule has 0 heterocycles. The molecule has 4 aliphatic carbocycles. The number of ketones is 1. The smallest absolute Gasteiger partial charge is 0.146 e. The van der Waals surface area contributed by atoms with Crippen LogP contribution in [0.25, 0.3) is 0 Å².